The lowest BCUT2D eigenvalue weighted by Crippen LogP contribution is -2.12. The predicted octanol–water partition coefficient (Wildman–Crippen LogP) is 2.94. The fourth-order valence-corrected chi connectivity index (χ4v) is 4.16. The highest BCUT2D eigenvalue weighted by Gasteiger charge is 2.18. The molecule has 0 bridgehead atoms. The van der Waals surface area contributed by atoms with Gasteiger partial charge in [0.25, 0.3) is 5.91 Å². The van der Waals surface area contributed by atoms with E-state index in [-0.39, 0.29) is 32.2 Å². The monoisotopic (exact) mass is 360 g/mol. The largest absolute Gasteiger partial charge is 0.506 e. The van der Waals surface area contributed by atoms with Gasteiger partial charge in [0.1, 0.15) is 5.75 Å². The minimum Gasteiger partial charge on any atom is -0.506 e. The second-order valence-electron chi connectivity index (χ2n) is 4.43. The van der Waals surface area contributed by atoms with E-state index in [1.807, 2.05) is 0 Å². The highest BCUT2D eigenvalue weighted by molar-refractivity contribution is 7.91. The van der Waals surface area contributed by atoms with Crippen LogP contribution in [0.4, 0.5) is 5.13 Å². The Morgan fingerprint density at radius 2 is 2.18 bits per heavy atom. The maximum Gasteiger partial charge on any atom is 0.257 e. The second-order valence-corrected chi connectivity index (χ2v) is 7.75. The number of hydrogen-bond acceptors (Lipinski definition) is 6. The molecule has 0 aliphatic carbocycles. The predicted molar refractivity (Wildman–Crippen MR) is 85.5 cm³/mol. The number of nitrogens with zero attached hydrogens (tertiary/aromatic N) is 1. The number of carbonyl (C=O) groups excluding carboxylic acids is 1. The number of phenols is 1. The van der Waals surface area contributed by atoms with Crippen LogP contribution < -0.4 is 5.32 Å². The van der Waals surface area contributed by atoms with E-state index in [4.69, 9.17) is 11.6 Å². The number of aromatic nitrogens is 1. The molecular formula is C13H13ClN2O4S2. The van der Waals surface area contributed by atoms with E-state index in [0.717, 1.165) is 11.3 Å². The Kier molecular flexibility index (Phi) is 5.05. The third kappa shape index (κ3) is 3.76. The first kappa shape index (κ1) is 16.7. The number of amides is 1. The summed E-state index contributed by atoms with van der Waals surface area (Å²) in [4.78, 5) is 16.0. The molecule has 2 aromatic rings. The number of nitrogens with one attached hydrogen (secondary N) is 1. The fraction of sp³-hybridized carbons (Fsp3) is 0.231. The molecule has 1 heterocycles. The molecule has 2 rings (SSSR count). The van der Waals surface area contributed by atoms with Crippen LogP contribution in [0, 0.1) is 0 Å². The Balaban J connectivity index is 2.16. The maximum atomic E-state index is 12.0. The summed E-state index contributed by atoms with van der Waals surface area (Å²) in [5.41, 5.74) is 0.232. The number of hydrogen-bond donors (Lipinski definition) is 2. The normalized spacial score (nSPS) is 11.4. The van der Waals surface area contributed by atoms with Gasteiger partial charge in [-0.15, -0.1) is 11.3 Å². The first-order valence-electron chi connectivity index (χ1n) is 6.31. The average Bonchev–Trinajstić information content (AvgIpc) is 2.91. The zero-order valence-corrected chi connectivity index (χ0v) is 13.9. The van der Waals surface area contributed by atoms with Crippen molar-refractivity contribution in [1.29, 1.82) is 0 Å². The summed E-state index contributed by atoms with van der Waals surface area (Å²) in [5.74, 6) is -0.603. The summed E-state index contributed by atoms with van der Waals surface area (Å²) in [5, 5.41) is 13.4. The number of phenolic OH excluding ortho intramolecular Hbond substituents is 1. The lowest BCUT2D eigenvalue weighted by molar-refractivity contribution is 0.102. The maximum absolute atomic E-state index is 12.0. The van der Waals surface area contributed by atoms with E-state index in [2.05, 4.69) is 10.3 Å². The number of benzene rings is 1. The van der Waals surface area contributed by atoms with Crippen LogP contribution in [0.1, 0.15) is 23.7 Å². The Labute approximate surface area is 136 Å². The minimum atomic E-state index is -3.41. The highest BCUT2D eigenvalue weighted by atomic mass is 35.5. The van der Waals surface area contributed by atoms with Crippen molar-refractivity contribution in [3.63, 3.8) is 0 Å². The van der Waals surface area contributed by atoms with Gasteiger partial charge in [0.15, 0.2) is 20.0 Å². The van der Waals surface area contributed by atoms with Gasteiger partial charge in [0, 0.05) is 10.9 Å². The molecule has 9 heteroatoms. The Morgan fingerprint density at radius 1 is 1.45 bits per heavy atom. The molecule has 0 aliphatic rings. The van der Waals surface area contributed by atoms with E-state index in [9.17, 15) is 18.3 Å². The molecule has 2 N–H and O–H groups in total. The molecule has 0 unspecified atom stereocenters. The van der Waals surface area contributed by atoms with Crippen molar-refractivity contribution in [2.75, 3.05) is 11.1 Å². The lowest BCUT2D eigenvalue weighted by atomic mass is 10.2. The van der Waals surface area contributed by atoms with Gasteiger partial charge in [0.05, 0.1) is 10.8 Å². The van der Waals surface area contributed by atoms with E-state index < -0.39 is 15.7 Å². The van der Waals surface area contributed by atoms with Crippen LogP contribution in [0.15, 0.2) is 28.6 Å². The zero-order chi connectivity index (χ0) is 16.3. The smallest absolute Gasteiger partial charge is 0.257 e. The van der Waals surface area contributed by atoms with Crippen LogP contribution >= 0.6 is 22.9 Å². The van der Waals surface area contributed by atoms with Crippen LogP contribution in [0.5, 0.6) is 5.75 Å². The summed E-state index contributed by atoms with van der Waals surface area (Å²) in [6.45, 7) is 1.77. The van der Waals surface area contributed by atoms with E-state index >= 15 is 0 Å². The van der Waals surface area contributed by atoms with E-state index in [1.54, 1.807) is 6.92 Å². The second kappa shape index (κ2) is 6.64. The van der Waals surface area contributed by atoms with Crippen molar-refractivity contribution in [2.45, 2.75) is 18.4 Å². The number of rotatable bonds is 5. The summed E-state index contributed by atoms with van der Waals surface area (Å²) in [6, 6.07) is 4.02. The van der Waals surface area contributed by atoms with Crippen molar-refractivity contribution >= 4 is 43.8 Å². The third-order valence-electron chi connectivity index (χ3n) is 2.70. The molecule has 0 saturated heterocycles. The third-order valence-corrected chi connectivity index (χ3v) is 5.71. The molecule has 118 valence electrons. The van der Waals surface area contributed by atoms with Crippen LogP contribution in [0.2, 0.25) is 5.02 Å². The van der Waals surface area contributed by atoms with Crippen LogP contribution in [-0.4, -0.2) is 30.2 Å². The first-order chi connectivity index (χ1) is 10.3. The van der Waals surface area contributed by atoms with Gasteiger partial charge >= 0.3 is 0 Å². The Bertz CT molecular complexity index is 802. The standard InChI is InChI=1S/C13H13ClN2O4S2/c1-2-5-22(19,20)11-7-21-13(15-11)16-12(18)8-3-4-10(17)9(14)6-8/h3-4,6-7,17H,2,5H2,1H3,(H,15,16,18). The van der Waals surface area contributed by atoms with Crippen LogP contribution in [0.3, 0.4) is 0 Å². The molecule has 0 atom stereocenters. The van der Waals surface area contributed by atoms with E-state index in [0.29, 0.717) is 6.42 Å². The zero-order valence-electron chi connectivity index (χ0n) is 11.5. The van der Waals surface area contributed by atoms with Crippen molar-refractivity contribution in [2.24, 2.45) is 0 Å². The van der Waals surface area contributed by atoms with Crippen LogP contribution in [-0.2, 0) is 9.84 Å². The summed E-state index contributed by atoms with van der Waals surface area (Å²) in [7, 11) is -3.41. The van der Waals surface area contributed by atoms with Gasteiger partial charge in [-0.3, -0.25) is 10.1 Å². The van der Waals surface area contributed by atoms with Crippen molar-refractivity contribution in [1.82, 2.24) is 4.98 Å². The molecule has 0 radical (unpaired) electrons. The van der Waals surface area contributed by atoms with Crippen molar-refractivity contribution in [3.05, 3.63) is 34.2 Å². The molecule has 0 saturated carbocycles. The molecule has 0 fully saturated rings. The lowest BCUT2D eigenvalue weighted by Gasteiger charge is -2.03. The molecule has 0 spiro atoms. The van der Waals surface area contributed by atoms with Gasteiger partial charge in [-0.05, 0) is 24.6 Å². The number of anilines is 1. The Hall–Kier alpha value is -1.64. The molecule has 1 aromatic carbocycles. The van der Waals surface area contributed by atoms with Crippen LogP contribution in [0.25, 0.3) is 0 Å². The van der Waals surface area contributed by atoms with Crippen molar-refractivity contribution < 1.29 is 18.3 Å². The number of thiazole rings is 1. The topological polar surface area (TPSA) is 96.4 Å². The fourth-order valence-electron chi connectivity index (χ4n) is 1.65. The number of halogens is 1. The SMILES string of the molecule is CCCS(=O)(=O)c1csc(NC(=O)c2ccc(O)c(Cl)c2)n1. The summed E-state index contributed by atoms with van der Waals surface area (Å²) in [6.07, 6.45) is 0.494. The molecule has 1 aromatic heterocycles. The quantitative estimate of drug-likeness (QED) is 0.854. The molecule has 0 aliphatic heterocycles. The minimum absolute atomic E-state index is 0.0116. The number of aromatic hydroxyl groups is 1. The molecule has 22 heavy (non-hydrogen) atoms. The van der Waals surface area contributed by atoms with Crippen molar-refractivity contribution in [3.8, 4) is 5.75 Å². The number of sulfone groups is 1. The Morgan fingerprint density at radius 3 is 2.82 bits per heavy atom. The van der Waals surface area contributed by atoms with Gasteiger partial charge in [-0.1, -0.05) is 18.5 Å². The van der Waals surface area contributed by atoms with Gasteiger partial charge in [-0.2, -0.15) is 0 Å². The molecular weight excluding hydrogens is 348 g/mol. The first-order valence-corrected chi connectivity index (χ1v) is 9.22. The summed E-state index contributed by atoms with van der Waals surface area (Å²) < 4.78 is 23.7. The summed E-state index contributed by atoms with van der Waals surface area (Å²) >= 11 is 6.77. The van der Waals surface area contributed by atoms with Gasteiger partial charge in [-0.25, -0.2) is 13.4 Å². The molecule has 1 amide bonds. The number of carbonyl (C=O) groups is 1. The van der Waals surface area contributed by atoms with Gasteiger partial charge < -0.3 is 5.11 Å². The highest BCUT2D eigenvalue weighted by Crippen LogP contribution is 2.25. The van der Waals surface area contributed by atoms with E-state index in [1.165, 1.54) is 23.6 Å². The van der Waals surface area contributed by atoms with Gasteiger partial charge in [0.2, 0.25) is 0 Å². The average molecular weight is 361 g/mol. The molecule has 6 nitrogen and oxygen atoms in total.